The molecule has 0 unspecified atom stereocenters. The van der Waals surface area contributed by atoms with Crippen molar-refractivity contribution in [2.75, 3.05) is 17.8 Å². The second kappa shape index (κ2) is 7.14. The van der Waals surface area contributed by atoms with E-state index in [1.165, 1.54) is 31.1 Å². The first-order chi connectivity index (χ1) is 10.1. The molecule has 2 N–H and O–H groups in total. The van der Waals surface area contributed by atoms with Gasteiger partial charge in [-0.25, -0.2) is 18.4 Å². The Bertz CT molecular complexity index is 655. The van der Waals surface area contributed by atoms with Gasteiger partial charge in [-0.15, -0.1) is 0 Å². The summed E-state index contributed by atoms with van der Waals surface area (Å²) in [6.07, 6.45) is 8.00. The molecule has 0 aliphatic heterocycles. The third-order valence-corrected chi connectivity index (χ3v) is 4.01. The minimum Gasteiger partial charge on any atom is -0.315 e. The first kappa shape index (κ1) is 15.4. The lowest BCUT2D eigenvalue weighted by atomic mass is 10.5. The zero-order valence-corrected chi connectivity index (χ0v) is 12.5. The highest BCUT2D eigenvalue weighted by atomic mass is 32.2. The van der Waals surface area contributed by atoms with Crippen molar-refractivity contribution >= 4 is 15.7 Å². The molecule has 9 heteroatoms. The molecule has 0 atom stereocenters. The van der Waals surface area contributed by atoms with Gasteiger partial charge in [-0.05, 0) is 13.0 Å². The number of anilines is 1. The molecule has 2 heterocycles. The molecule has 0 saturated carbocycles. The topological polar surface area (TPSA) is 102 Å². The SMILES string of the molecule is CCCNCCn1cc(S(=O)(=O)Nc2cncnc2)cn1. The van der Waals surface area contributed by atoms with Gasteiger partial charge >= 0.3 is 0 Å². The maximum Gasteiger partial charge on any atom is 0.265 e. The quantitative estimate of drug-likeness (QED) is 0.687. The number of nitrogens with zero attached hydrogens (tertiary/aromatic N) is 4. The van der Waals surface area contributed by atoms with Crippen LogP contribution in [0, 0.1) is 0 Å². The average molecular weight is 310 g/mol. The molecular formula is C12H18N6O2S. The van der Waals surface area contributed by atoms with Crippen molar-refractivity contribution in [3.8, 4) is 0 Å². The summed E-state index contributed by atoms with van der Waals surface area (Å²) >= 11 is 0. The third-order valence-electron chi connectivity index (χ3n) is 2.68. The third kappa shape index (κ3) is 4.50. The van der Waals surface area contributed by atoms with Crippen LogP contribution in [0.4, 0.5) is 5.69 Å². The molecule has 0 aliphatic carbocycles. The van der Waals surface area contributed by atoms with Gasteiger partial charge in [0.15, 0.2) is 0 Å². The summed E-state index contributed by atoms with van der Waals surface area (Å²) in [6.45, 7) is 4.38. The van der Waals surface area contributed by atoms with E-state index in [2.05, 4.69) is 32.0 Å². The highest BCUT2D eigenvalue weighted by Crippen LogP contribution is 2.13. The fraction of sp³-hybridized carbons (Fsp3) is 0.417. The molecule has 0 fully saturated rings. The molecule has 0 amide bonds. The number of aromatic nitrogens is 4. The van der Waals surface area contributed by atoms with Gasteiger partial charge in [0.05, 0.1) is 30.8 Å². The molecule has 21 heavy (non-hydrogen) atoms. The van der Waals surface area contributed by atoms with E-state index in [4.69, 9.17) is 0 Å². The first-order valence-electron chi connectivity index (χ1n) is 6.63. The zero-order valence-electron chi connectivity index (χ0n) is 11.7. The van der Waals surface area contributed by atoms with E-state index in [9.17, 15) is 8.42 Å². The van der Waals surface area contributed by atoms with Crippen molar-refractivity contribution in [2.24, 2.45) is 0 Å². The van der Waals surface area contributed by atoms with E-state index in [1.807, 2.05) is 0 Å². The Kier molecular flexibility index (Phi) is 5.23. The Morgan fingerprint density at radius 2 is 1.95 bits per heavy atom. The Hall–Kier alpha value is -2.00. The molecule has 2 aromatic rings. The Labute approximate surface area is 123 Å². The van der Waals surface area contributed by atoms with Crippen LogP contribution in [0.3, 0.4) is 0 Å². The zero-order chi connectivity index (χ0) is 15.1. The van der Waals surface area contributed by atoms with Crippen molar-refractivity contribution < 1.29 is 8.42 Å². The van der Waals surface area contributed by atoms with Crippen molar-refractivity contribution in [1.82, 2.24) is 25.1 Å². The molecule has 0 radical (unpaired) electrons. The van der Waals surface area contributed by atoms with Gasteiger partial charge in [0.2, 0.25) is 0 Å². The van der Waals surface area contributed by atoms with Gasteiger partial charge in [-0.3, -0.25) is 9.40 Å². The number of nitrogens with one attached hydrogen (secondary N) is 2. The summed E-state index contributed by atoms with van der Waals surface area (Å²) in [6, 6.07) is 0. The molecule has 2 rings (SSSR count). The molecule has 8 nitrogen and oxygen atoms in total. The van der Waals surface area contributed by atoms with Crippen LogP contribution in [0.15, 0.2) is 36.0 Å². The fourth-order valence-electron chi connectivity index (χ4n) is 1.67. The summed E-state index contributed by atoms with van der Waals surface area (Å²) < 4.78 is 28.3. The molecular weight excluding hydrogens is 292 g/mol. The Balaban J connectivity index is 1.99. The van der Waals surface area contributed by atoms with Crippen molar-refractivity contribution in [3.63, 3.8) is 0 Å². The van der Waals surface area contributed by atoms with E-state index < -0.39 is 10.0 Å². The van der Waals surface area contributed by atoms with Crippen LogP contribution in [0.5, 0.6) is 0 Å². The summed E-state index contributed by atoms with van der Waals surface area (Å²) in [5.74, 6) is 0. The van der Waals surface area contributed by atoms with Gasteiger partial charge < -0.3 is 5.32 Å². The van der Waals surface area contributed by atoms with Crippen LogP contribution in [-0.4, -0.2) is 41.3 Å². The second-order valence-corrected chi connectivity index (χ2v) is 6.10. The standard InChI is InChI=1S/C12H18N6O2S/c1-2-3-13-4-5-18-9-12(8-16-18)21(19,20)17-11-6-14-10-15-7-11/h6-10,13,17H,2-5H2,1H3. The second-order valence-electron chi connectivity index (χ2n) is 4.42. The maximum absolute atomic E-state index is 12.2. The van der Waals surface area contributed by atoms with E-state index >= 15 is 0 Å². The average Bonchev–Trinajstić information content (AvgIpc) is 2.94. The summed E-state index contributed by atoms with van der Waals surface area (Å²) in [7, 11) is -3.66. The highest BCUT2D eigenvalue weighted by molar-refractivity contribution is 7.92. The van der Waals surface area contributed by atoms with E-state index in [-0.39, 0.29) is 4.90 Å². The predicted molar refractivity (Wildman–Crippen MR) is 78.2 cm³/mol. The molecule has 2 aromatic heterocycles. The fourth-order valence-corrected chi connectivity index (χ4v) is 2.65. The lowest BCUT2D eigenvalue weighted by molar-refractivity contribution is 0.552. The number of hydrogen-bond donors (Lipinski definition) is 2. The summed E-state index contributed by atoms with van der Waals surface area (Å²) in [5.41, 5.74) is 0.315. The number of sulfonamides is 1. The molecule has 0 aliphatic rings. The lowest BCUT2D eigenvalue weighted by Crippen LogP contribution is -2.20. The van der Waals surface area contributed by atoms with Gasteiger partial charge in [0.1, 0.15) is 11.2 Å². The Morgan fingerprint density at radius 3 is 2.67 bits per heavy atom. The maximum atomic E-state index is 12.2. The largest absolute Gasteiger partial charge is 0.315 e. The van der Waals surface area contributed by atoms with E-state index in [0.717, 1.165) is 19.5 Å². The summed E-state index contributed by atoms with van der Waals surface area (Å²) in [5, 5.41) is 7.28. The van der Waals surface area contributed by atoms with Gasteiger partial charge in [0.25, 0.3) is 10.0 Å². The number of hydrogen-bond acceptors (Lipinski definition) is 6. The molecule has 0 bridgehead atoms. The summed E-state index contributed by atoms with van der Waals surface area (Å²) in [4.78, 5) is 7.63. The first-order valence-corrected chi connectivity index (χ1v) is 8.11. The van der Waals surface area contributed by atoms with E-state index in [1.54, 1.807) is 4.68 Å². The molecule has 0 saturated heterocycles. The van der Waals surface area contributed by atoms with Crippen molar-refractivity contribution in [2.45, 2.75) is 24.8 Å². The van der Waals surface area contributed by atoms with Gasteiger partial charge in [0, 0.05) is 12.7 Å². The molecule has 114 valence electrons. The van der Waals surface area contributed by atoms with Crippen LogP contribution >= 0.6 is 0 Å². The smallest absolute Gasteiger partial charge is 0.265 e. The minimum absolute atomic E-state index is 0.113. The molecule has 0 aromatic carbocycles. The van der Waals surface area contributed by atoms with Crippen molar-refractivity contribution in [1.29, 1.82) is 0 Å². The van der Waals surface area contributed by atoms with Crippen molar-refractivity contribution in [3.05, 3.63) is 31.1 Å². The van der Waals surface area contributed by atoms with Crippen LogP contribution in [0.25, 0.3) is 0 Å². The van der Waals surface area contributed by atoms with Crippen LogP contribution in [0.1, 0.15) is 13.3 Å². The number of rotatable bonds is 8. The lowest BCUT2D eigenvalue weighted by Gasteiger charge is -2.05. The normalized spacial score (nSPS) is 11.5. The van der Waals surface area contributed by atoms with Gasteiger partial charge in [-0.1, -0.05) is 6.92 Å². The predicted octanol–water partition coefficient (Wildman–Crippen LogP) is 0.473. The van der Waals surface area contributed by atoms with Crippen LogP contribution < -0.4 is 10.0 Å². The van der Waals surface area contributed by atoms with Crippen LogP contribution in [0.2, 0.25) is 0 Å². The Morgan fingerprint density at radius 1 is 1.19 bits per heavy atom. The highest BCUT2D eigenvalue weighted by Gasteiger charge is 2.16. The van der Waals surface area contributed by atoms with Gasteiger partial charge in [-0.2, -0.15) is 5.10 Å². The van der Waals surface area contributed by atoms with E-state index in [0.29, 0.717) is 12.2 Å². The van der Waals surface area contributed by atoms with Crippen LogP contribution in [-0.2, 0) is 16.6 Å². The monoisotopic (exact) mass is 310 g/mol. The molecule has 0 spiro atoms. The minimum atomic E-state index is -3.66.